The lowest BCUT2D eigenvalue weighted by atomic mass is 10.0. The normalized spacial score (nSPS) is 17.3. The summed E-state index contributed by atoms with van der Waals surface area (Å²) in [7, 11) is 0. The van der Waals surface area contributed by atoms with Gasteiger partial charge in [0, 0.05) is 12.6 Å². The fourth-order valence-corrected chi connectivity index (χ4v) is 4.81. The Labute approximate surface area is 179 Å². The standard InChI is InChI=1S/C21H20F3N3O3S/c1-13-5-2-3-9-25(13)17(28)12-26-16-8-10-31-18(16)19(29)27(20(26)30)15-7-4-6-14(11-15)21(22,23)24/h4,6-8,10-11,13H,2-3,5,9,12H2,1H3/t13-/m1/s1. The first-order chi connectivity index (χ1) is 14.7. The second-order valence-electron chi connectivity index (χ2n) is 7.62. The number of carbonyl (C=O) groups excluding carboxylic acids is 1. The predicted molar refractivity (Wildman–Crippen MR) is 112 cm³/mol. The van der Waals surface area contributed by atoms with Crippen molar-refractivity contribution in [3.63, 3.8) is 0 Å². The molecular formula is C21H20F3N3O3S. The van der Waals surface area contributed by atoms with E-state index in [9.17, 15) is 27.6 Å². The molecule has 0 saturated carbocycles. The molecule has 1 aliphatic rings. The van der Waals surface area contributed by atoms with E-state index in [4.69, 9.17) is 0 Å². The lowest BCUT2D eigenvalue weighted by Gasteiger charge is -2.33. The maximum absolute atomic E-state index is 13.2. The number of halogens is 3. The quantitative estimate of drug-likeness (QED) is 0.611. The van der Waals surface area contributed by atoms with Crippen molar-refractivity contribution in [2.45, 2.75) is 44.9 Å². The molecule has 0 aliphatic carbocycles. The van der Waals surface area contributed by atoms with Gasteiger partial charge in [-0.15, -0.1) is 11.3 Å². The second kappa shape index (κ2) is 7.99. The summed E-state index contributed by atoms with van der Waals surface area (Å²) in [6.07, 6.45) is -1.84. The van der Waals surface area contributed by atoms with Gasteiger partial charge in [0.2, 0.25) is 5.91 Å². The number of thiophene rings is 1. The van der Waals surface area contributed by atoms with E-state index >= 15 is 0 Å². The third-order valence-corrected chi connectivity index (χ3v) is 6.49. The summed E-state index contributed by atoms with van der Waals surface area (Å²) in [6, 6.07) is 5.68. The number of benzene rings is 1. The third-order valence-electron chi connectivity index (χ3n) is 5.60. The molecule has 1 amide bonds. The third kappa shape index (κ3) is 3.91. The fourth-order valence-electron chi connectivity index (χ4n) is 3.98. The summed E-state index contributed by atoms with van der Waals surface area (Å²) < 4.78 is 41.6. The van der Waals surface area contributed by atoms with Gasteiger partial charge in [-0.2, -0.15) is 13.2 Å². The molecule has 0 unspecified atom stereocenters. The van der Waals surface area contributed by atoms with Crippen molar-refractivity contribution in [1.29, 1.82) is 0 Å². The Bertz CT molecular complexity index is 1260. The van der Waals surface area contributed by atoms with Crippen LogP contribution in [-0.4, -0.2) is 32.5 Å². The number of amides is 1. The molecule has 0 bridgehead atoms. The van der Waals surface area contributed by atoms with Crippen LogP contribution in [-0.2, 0) is 17.5 Å². The maximum Gasteiger partial charge on any atom is 0.416 e. The van der Waals surface area contributed by atoms with Gasteiger partial charge in [-0.25, -0.2) is 9.36 Å². The van der Waals surface area contributed by atoms with E-state index in [1.807, 2.05) is 6.92 Å². The van der Waals surface area contributed by atoms with E-state index in [1.165, 1.54) is 10.6 Å². The minimum absolute atomic E-state index is 0.0456. The molecule has 3 aromatic rings. The summed E-state index contributed by atoms with van der Waals surface area (Å²) in [6.45, 7) is 2.26. The molecule has 3 heterocycles. The molecule has 2 aromatic heterocycles. The number of carbonyl (C=O) groups is 1. The zero-order chi connectivity index (χ0) is 22.3. The first-order valence-electron chi connectivity index (χ1n) is 9.88. The van der Waals surface area contributed by atoms with E-state index in [0.717, 1.165) is 48.8 Å². The number of nitrogens with zero attached hydrogens (tertiary/aromatic N) is 3. The van der Waals surface area contributed by atoms with E-state index in [2.05, 4.69) is 0 Å². The van der Waals surface area contributed by atoms with Crippen molar-refractivity contribution < 1.29 is 18.0 Å². The van der Waals surface area contributed by atoms with Gasteiger partial charge >= 0.3 is 11.9 Å². The number of rotatable bonds is 3. The van der Waals surface area contributed by atoms with Crippen molar-refractivity contribution in [1.82, 2.24) is 14.0 Å². The Hall–Kier alpha value is -2.88. The van der Waals surface area contributed by atoms with Gasteiger partial charge in [0.15, 0.2) is 0 Å². The van der Waals surface area contributed by atoms with Crippen molar-refractivity contribution in [2.75, 3.05) is 6.54 Å². The first-order valence-corrected chi connectivity index (χ1v) is 10.8. The van der Waals surface area contributed by atoms with Crippen LogP contribution >= 0.6 is 11.3 Å². The highest BCUT2D eigenvalue weighted by Crippen LogP contribution is 2.30. The first kappa shape index (κ1) is 21.4. The van der Waals surface area contributed by atoms with Crippen LogP contribution in [0.5, 0.6) is 0 Å². The molecule has 6 nitrogen and oxygen atoms in total. The average Bonchev–Trinajstić information content (AvgIpc) is 3.21. The highest BCUT2D eigenvalue weighted by Gasteiger charge is 2.31. The van der Waals surface area contributed by atoms with Crippen molar-refractivity contribution >= 4 is 27.5 Å². The van der Waals surface area contributed by atoms with Gasteiger partial charge in [0.05, 0.1) is 16.8 Å². The molecule has 1 fully saturated rings. The monoisotopic (exact) mass is 451 g/mol. The summed E-state index contributed by atoms with van der Waals surface area (Å²) in [4.78, 5) is 40.9. The molecule has 10 heteroatoms. The number of likely N-dealkylation sites (tertiary alicyclic amines) is 1. The number of alkyl halides is 3. The number of fused-ring (bicyclic) bond motifs is 1. The number of hydrogen-bond acceptors (Lipinski definition) is 4. The molecule has 1 aliphatic heterocycles. The van der Waals surface area contributed by atoms with Crippen molar-refractivity contribution in [3.05, 3.63) is 62.1 Å². The Morgan fingerprint density at radius 1 is 1.19 bits per heavy atom. The SMILES string of the molecule is C[C@@H]1CCCCN1C(=O)Cn1c(=O)n(-c2cccc(C(F)(F)F)c2)c(=O)c2sccc21. The zero-order valence-electron chi connectivity index (χ0n) is 16.7. The molecule has 31 heavy (non-hydrogen) atoms. The molecule has 1 aromatic carbocycles. The van der Waals surface area contributed by atoms with E-state index in [0.29, 0.717) is 16.6 Å². The molecule has 1 atom stereocenters. The predicted octanol–water partition coefficient (Wildman–Crippen LogP) is 3.63. The Balaban J connectivity index is 1.85. The van der Waals surface area contributed by atoms with Crippen molar-refractivity contribution in [2.24, 2.45) is 0 Å². The lowest BCUT2D eigenvalue weighted by Crippen LogP contribution is -2.46. The van der Waals surface area contributed by atoms with Crippen LogP contribution in [0, 0.1) is 0 Å². The topological polar surface area (TPSA) is 64.3 Å². The zero-order valence-corrected chi connectivity index (χ0v) is 17.5. The van der Waals surface area contributed by atoms with Crippen LogP contribution in [0.1, 0.15) is 31.7 Å². The lowest BCUT2D eigenvalue weighted by molar-refractivity contribution is -0.137. The minimum atomic E-state index is -4.62. The molecular weight excluding hydrogens is 431 g/mol. The maximum atomic E-state index is 13.2. The highest BCUT2D eigenvalue weighted by molar-refractivity contribution is 7.17. The van der Waals surface area contributed by atoms with Gasteiger partial charge < -0.3 is 4.90 Å². The Morgan fingerprint density at radius 3 is 2.68 bits per heavy atom. The van der Waals surface area contributed by atoms with Crippen LogP contribution in [0.4, 0.5) is 13.2 Å². The number of piperidine rings is 1. The molecule has 0 N–H and O–H groups in total. The average molecular weight is 451 g/mol. The molecule has 164 valence electrons. The molecule has 4 rings (SSSR count). The molecule has 1 saturated heterocycles. The van der Waals surface area contributed by atoms with E-state index in [-0.39, 0.29) is 28.9 Å². The Morgan fingerprint density at radius 2 is 1.97 bits per heavy atom. The van der Waals surface area contributed by atoms with Crippen LogP contribution < -0.4 is 11.2 Å². The summed E-state index contributed by atoms with van der Waals surface area (Å²) in [5.41, 5.74) is -2.39. The second-order valence-corrected chi connectivity index (χ2v) is 8.54. The highest BCUT2D eigenvalue weighted by atomic mass is 32.1. The van der Waals surface area contributed by atoms with Crippen LogP contribution in [0.15, 0.2) is 45.3 Å². The summed E-state index contributed by atoms with van der Waals surface area (Å²) >= 11 is 1.08. The smallest absolute Gasteiger partial charge is 0.338 e. The van der Waals surface area contributed by atoms with Gasteiger partial charge in [-0.1, -0.05) is 6.07 Å². The minimum Gasteiger partial charge on any atom is -0.338 e. The van der Waals surface area contributed by atoms with Crippen LogP contribution in [0.25, 0.3) is 15.9 Å². The fraction of sp³-hybridized carbons (Fsp3) is 0.381. The van der Waals surface area contributed by atoms with E-state index < -0.39 is 23.0 Å². The van der Waals surface area contributed by atoms with Gasteiger partial charge in [-0.05, 0) is 55.8 Å². The van der Waals surface area contributed by atoms with Gasteiger partial charge in [0.1, 0.15) is 11.2 Å². The number of hydrogen-bond donors (Lipinski definition) is 0. The molecule has 0 radical (unpaired) electrons. The van der Waals surface area contributed by atoms with E-state index in [1.54, 1.807) is 16.3 Å². The van der Waals surface area contributed by atoms with Crippen LogP contribution in [0.2, 0.25) is 0 Å². The Kier molecular flexibility index (Phi) is 5.50. The van der Waals surface area contributed by atoms with Gasteiger partial charge in [-0.3, -0.25) is 14.2 Å². The number of aromatic nitrogens is 2. The summed E-state index contributed by atoms with van der Waals surface area (Å²) in [5.74, 6) is -0.254. The van der Waals surface area contributed by atoms with Gasteiger partial charge in [0.25, 0.3) is 5.56 Å². The van der Waals surface area contributed by atoms with Crippen LogP contribution in [0.3, 0.4) is 0 Å². The summed E-state index contributed by atoms with van der Waals surface area (Å²) in [5, 5.41) is 1.62. The molecule has 0 spiro atoms. The largest absolute Gasteiger partial charge is 0.416 e. The van der Waals surface area contributed by atoms with Crippen molar-refractivity contribution in [3.8, 4) is 5.69 Å².